The fraction of sp³-hybridized carbons (Fsp3) is 0.615. The number of hydrogen-bond donors (Lipinski definition) is 1. The van der Waals surface area contributed by atoms with E-state index in [2.05, 4.69) is 39.7 Å². The minimum Gasteiger partial charge on any atom is -0.397 e. The summed E-state index contributed by atoms with van der Waals surface area (Å²) in [5.74, 6) is 0.938. The van der Waals surface area contributed by atoms with Crippen LogP contribution in [0, 0.1) is 6.92 Å². The number of nitrogens with two attached hydrogens (primary N) is 1. The number of hydrogen-bond acceptors (Lipinski definition) is 4. The van der Waals surface area contributed by atoms with E-state index in [1.54, 1.807) is 13.3 Å². The van der Waals surface area contributed by atoms with Gasteiger partial charge in [-0.1, -0.05) is 6.92 Å². The molecule has 0 fully saturated rings. The Kier molecular flexibility index (Phi) is 5.88. The molecule has 1 aromatic heterocycles. The number of rotatable bonds is 6. The minimum absolute atomic E-state index is 0.409. The highest BCUT2D eigenvalue weighted by atomic mass is 79.9. The van der Waals surface area contributed by atoms with Crippen LogP contribution in [0.2, 0.25) is 0 Å². The summed E-state index contributed by atoms with van der Waals surface area (Å²) in [6, 6.07) is 0.409. The number of aromatic nitrogens is 1. The van der Waals surface area contributed by atoms with Gasteiger partial charge in [-0.25, -0.2) is 4.98 Å². The summed E-state index contributed by atoms with van der Waals surface area (Å²) < 4.78 is 6.14. The molecule has 0 aromatic carbocycles. The highest BCUT2D eigenvalue weighted by Gasteiger charge is 2.18. The Morgan fingerprint density at radius 1 is 1.56 bits per heavy atom. The van der Waals surface area contributed by atoms with Gasteiger partial charge >= 0.3 is 0 Å². The average molecular weight is 316 g/mol. The molecule has 0 amide bonds. The smallest absolute Gasteiger partial charge is 0.143 e. The highest BCUT2D eigenvalue weighted by molar-refractivity contribution is 9.10. The van der Waals surface area contributed by atoms with E-state index in [1.165, 1.54) is 0 Å². The third-order valence-corrected chi connectivity index (χ3v) is 4.17. The van der Waals surface area contributed by atoms with Crippen molar-refractivity contribution in [3.8, 4) is 0 Å². The molecule has 0 saturated heterocycles. The summed E-state index contributed by atoms with van der Waals surface area (Å²) in [7, 11) is 1.71. The van der Waals surface area contributed by atoms with Gasteiger partial charge in [0, 0.05) is 19.7 Å². The van der Waals surface area contributed by atoms with Gasteiger partial charge in [0.1, 0.15) is 5.82 Å². The maximum Gasteiger partial charge on any atom is 0.143 e. The zero-order chi connectivity index (χ0) is 13.7. The lowest BCUT2D eigenvalue weighted by molar-refractivity contribution is 0.203. The Bertz CT molecular complexity index is 398. The van der Waals surface area contributed by atoms with E-state index < -0.39 is 0 Å². The summed E-state index contributed by atoms with van der Waals surface area (Å²) in [5.41, 5.74) is 7.61. The lowest BCUT2D eigenvalue weighted by atomic mass is 10.2. The number of nitrogen functional groups attached to an aromatic ring is 1. The van der Waals surface area contributed by atoms with Crippen LogP contribution in [-0.2, 0) is 4.74 Å². The van der Waals surface area contributed by atoms with Gasteiger partial charge in [0.25, 0.3) is 0 Å². The van der Waals surface area contributed by atoms with Gasteiger partial charge in [0.05, 0.1) is 23.0 Å². The molecule has 0 bridgehead atoms. The van der Waals surface area contributed by atoms with Gasteiger partial charge in [-0.2, -0.15) is 0 Å². The van der Waals surface area contributed by atoms with Crippen molar-refractivity contribution in [1.29, 1.82) is 0 Å². The summed E-state index contributed by atoms with van der Waals surface area (Å²) in [5, 5.41) is 0. The first-order chi connectivity index (χ1) is 8.52. The predicted octanol–water partition coefficient (Wildman–Crippen LogP) is 2.99. The molecule has 4 nitrogen and oxygen atoms in total. The molecule has 0 saturated carbocycles. The van der Waals surface area contributed by atoms with Crippen LogP contribution in [0.5, 0.6) is 0 Å². The zero-order valence-corrected chi connectivity index (χ0v) is 13.1. The Hall–Kier alpha value is -0.810. The molecule has 2 N–H and O–H groups in total. The van der Waals surface area contributed by atoms with Gasteiger partial charge in [-0.05, 0) is 41.8 Å². The zero-order valence-electron chi connectivity index (χ0n) is 11.5. The second-order valence-corrected chi connectivity index (χ2v) is 5.21. The number of nitrogens with zero attached hydrogens (tertiary/aromatic N) is 2. The van der Waals surface area contributed by atoms with Crippen molar-refractivity contribution in [1.82, 2.24) is 4.98 Å². The number of anilines is 2. The maximum atomic E-state index is 5.86. The summed E-state index contributed by atoms with van der Waals surface area (Å²) in [4.78, 5) is 6.71. The molecule has 18 heavy (non-hydrogen) atoms. The molecule has 0 aliphatic heterocycles. The first-order valence-electron chi connectivity index (χ1n) is 6.19. The van der Waals surface area contributed by atoms with E-state index in [4.69, 9.17) is 10.5 Å². The van der Waals surface area contributed by atoms with E-state index >= 15 is 0 Å². The van der Waals surface area contributed by atoms with Gasteiger partial charge < -0.3 is 15.4 Å². The number of pyridine rings is 1. The summed E-state index contributed by atoms with van der Waals surface area (Å²) in [6.07, 6.45) is 2.78. The lowest BCUT2D eigenvalue weighted by Crippen LogP contribution is -2.36. The van der Waals surface area contributed by atoms with Crippen LogP contribution in [-0.4, -0.2) is 31.3 Å². The molecule has 0 spiro atoms. The van der Waals surface area contributed by atoms with Crippen molar-refractivity contribution >= 4 is 27.4 Å². The SMILES string of the molecule is CCC(C)N(CCOC)c1ncc(N)c(C)c1Br. The largest absolute Gasteiger partial charge is 0.397 e. The van der Waals surface area contributed by atoms with Crippen LogP contribution < -0.4 is 10.6 Å². The molecule has 1 unspecified atom stereocenters. The molecule has 0 aliphatic rings. The van der Waals surface area contributed by atoms with E-state index in [-0.39, 0.29) is 0 Å². The second-order valence-electron chi connectivity index (χ2n) is 4.42. The quantitative estimate of drug-likeness (QED) is 0.876. The standard InChI is InChI=1S/C13H22BrN3O/c1-5-9(2)17(6-7-18-4)13-12(14)10(3)11(15)8-16-13/h8-9H,5-7,15H2,1-4H3. The molecule has 1 rings (SSSR count). The highest BCUT2D eigenvalue weighted by Crippen LogP contribution is 2.31. The Morgan fingerprint density at radius 2 is 2.22 bits per heavy atom. The van der Waals surface area contributed by atoms with Gasteiger partial charge in [-0.3, -0.25) is 0 Å². The maximum absolute atomic E-state index is 5.86. The van der Waals surface area contributed by atoms with Crippen molar-refractivity contribution in [2.45, 2.75) is 33.2 Å². The van der Waals surface area contributed by atoms with Crippen LogP contribution in [0.15, 0.2) is 10.7 Å². The summed E-state index contributed by atoms with van der Waals surface area (Å²) >= 11 is 3.60. The first kappa shape index (κ1) is 15.2. The van der Waals surface area contributed by atoms with Crippen LogP contribution >= 0.6 is 15.9 Å². The van der Waals surface area contributed by atoms with E-state index in [9.17, 15) is 0 Å². The summed E-state index contributed by atoms with van der Waals surface area (Å²) in [6.45, 7) is 7.86. The van der Waals surface area contributed by atoms with Crippen molar-refractivity contribution in [2.75, 3.05) is 30.9 Å². The van der Waals surface area contributed by atoms with Crippen LogP contribution in [0.1, 0.15) is 25.8 Å². The molecule has 0 radical (unpaired) electrons. The van der Waals surface area contributed by atoms with Crippen molar-refractivity contribution in [3.63, 3.8) is 0 Å². The molecule has 1 aromatic rings. The van der Waals surface area contributed by atoms with Crippen molar-refractivity contribution in [3.05, 3.63) is 16.2 Å². The molecule has 102 valence electrons. The topological polar surface area (TPSA) is 51.4 Å². The average Bonchev–Trinajstić information content (AvgIpc) is 2.38. The molecule has 5 heteroatoms. The molecule has 0 aliphatic carbocycles. The molecule has 1 heterocycles. The monoisotopic (exact) mass is 315 g/mol. The lowest BCUT2D eigenvalue weighted by Gasteiger charge is -2.30. The predicted molar refractivity (Wildman–Crippen MR) is 80.1 cm³/mol. The van der Waals surface area contributed by atoms with Crippen LogP contribution in [0.25, 0.3) is 0 Å². The van der Waals surface area contributed by atoms with E-state index in [0.717, 1.165) is 28.8 Å². The molecule has 1 atom stereocenters. The van der Waals surface area contributed by atoms with E-state index in [0.29, 0.717) is 18.3 Å². The van der Waals surface area contributed by atoms with Gasteiger partial charge in [0.15, 0.2) is 0 Å². The van der Waals surface area contributed by atoms with Crippen molar-refractivity contribution < 1.29 is 4.74 Å². The number of methoxy groups -OCH3 is 1. The number of ether oxygens (including phenoxy) is 1. The fourth-order valence-electron chi connectivity index (χ4n) is 1.72. The van der Waals surface area contributed by atoms with Crippen LogP contribution in [0.4, 0.5) is 11.5 Å². The normalized spacial score (nSPS) is 12.5. The third-order valence-electron chi connectivity index (χ3n) is 3.22. The van der Waals surface area contributed by atoms with Gasteiger partial charge in [-0.15, -0.1) is 0 Å². The minimum atomic E-state index is 0.409. The Morgan fingerprint density at radius 3 is 2.78 bits per heavy atom. The Labute approximate surface area is 118 Å². The van der Waals surface area contributed by atoms with Crippen molar-refractivity contribution in [2.24, 2.45) is 0 Å². The molecular weight excluding hydrogens is 294 g/mol. The first-order valence-corrected chi connectivity index (χ1v) is 6.98. The second kappa shape index (κ2) is 6.95. The Balaban J connectivity index is 3.08. The fourth-order valence-corrected chi connectivity index (χ4v) is 2.28. The third kappa shape index (κ3) is 3.36. The van der Waals surface area contributed by atoms with Gasteiger partial charge in [0.2, 0.25) is 0 Å². The van der Waals surface area contributed by atoms with Crippen LogP contribution in [0.3, 0.4) is 0 Å². The van der Waals surface area contributed by atoms with E-state index in [1.807, 2.05) is 6.92 Å². The number of halogens is 1. The molecular formula is C13H22BrN3O.